The highest BCUT2D eigenvalue weighted by molar-refractivity contribution is 9.11. The van der Waals surface area contributed by atoms with E-state index in [1.807, 2.05) is 18.2 Å². The number of rotatable bonds is 7. The quantitative estimate of drug-likeness (QED) is 0.639. The van der Waals surface area contributed by atoms with E-state index < -0.39 is 6.04 Å². The van der Waals surface area contributed by atoms with Crippen LogP contribution in [0.4, 0.5) is 0 Å². The Balaban J connectivity index is 1.48. The first-order valence-corrected chi connectivity index (χ1v) is 11.3. The van der Waals surface area contributed by atoms with Crippen molar-refractivity contribution in [3.05, 3.63) is 56.2 Å². The zero-order chi connectivity index (χ0) is 20.8. The van der Waals surface area contributed by atoms with Crippen molar-refractivity contribution in [2.45, 2.75) is 39.1 Å². The summed E-state index contributed by atoms with van der Waals surface area (Å²) in [6, 6.07) is 11.2. The van der Waals surface area contributed by atoms with Crippen molar-refractivity contribution >= 4 is 39.1 Å². The second-order valence-electron chi connectivity index (χ2n) is 7.25. The topological polar surface area (TPSA) is 70.7 Å². The molecule has 2 aromatic rings. The van der Waals surface area contributed by atoms with E-state index in [-0.39, 0.29) is 17.9 Å². The number of hydrogen-bond donors (Lipinski definition) is 2. The summed E-state index contributed by atoms with van der Waals surface area (Å²) in [4.78, 5) is 27.5. The zero-order valence-electron chi connectivity index (χ0n) is 16.6. The number of amides is 2. The summed E-state index contributed by atoms with van der Waals surface area (Å²) in [6.45, 7) is 7.71. The minimum absolute atomic E-state index is 0.207. The lowest BCUT2D eigenvalue weighted by atomic mass is 10.1. The van der Waals surface area contributed by atoms with Gasteiger partial charge in [0.2, 0.25) is 5.91 Å². The minimum atomic E-state index is -0.610. The lowest BCUT2D eigenvalue weighted by Gasteiger charge is -2.31. The highest BCUT2D eigenvalue weighted by Crippen LogP contribution is 2.21. The predicted octanol–water partition coefficient (Wildman–Crippen LogP) is 3.17. The maximum atomic E-state index is 12.4. The molecule has 2 N–H and O–H groups in total. The molecule has 2 unspecified atom stereocenters. The number of hydrogen-bond acceptors (Lipinski definition) is 5. The molecule has 1 aromatic carbocycles. The number of nitrogens with zero attached hydrogens (tertiary/aromatic N) is 1. The van der Waals surface area contributed by atoms with Crippen LogP contribution in [0, 0.1) is 0 Å². The molecule has 6 nitrogen and oxygen atoms in total. The monoisotopic (exact) mass is 479 g/mol. The zero-order valence-corrected chi connectivity index (χ0v) is 19.0. The maximum Gasteiger partial charge on any atom is 0.262 e. The Hall–Kier alpha value is -1.74. The molecule has 8 heteroatoms. The number of carbonyl (C=O) groups is 2. The number of nitrogens with one attached hydrogen (secondary N) is 2. The second-order valence-corrected chi connectivity index (χ2v) is 9.72. The van der Waals surface area contributed by atoms with Gasteiger partial charge in [-0.2, -0.15) is 0 Å². The van der Waals surface area contributed by atoms with E-state index in [9.17, 15) is 9.59 Å². The predicted molar refractivity (Wildman–Crippen MR) is 118 cm³/mol. The Morgan fingerprint density at radius 2 is 2.10 bits per heavy atom. The van der Waals surface area contributed by atoms with Crippen LogP contribution in [-0.4, -0.2) is 48.6 Å². The fourth-order valence-corrected chi connectivity index (χ4v) is 4.53. The van der Waals surface area contributed by atoms with E-state index in [0.29, 0.717) is 11.4 Å². The van der Waals surface area contributed by atoms with E-state index in [4.69, 9.17) is 4.74 Å². The van der Waals surface area contributed by atoms with Gasteiger partial charge >= 0.3 is 0 Å². The first-order valence-electron chi connectivity index (χ1n) is 9.66. The third kappa shape index (κ3) is 6.64. The smallest absolute Gasteiger partial charge is 0.262 e. The van der Waals surface area contributed by atoms with Gasteiger partial charge in [0.25, 0.3) is 5.91 Å². The van der Waals surface area contributed by atoms with Crippen molar-refractivity contribution in [2.75, 3.05) is 19.7 Å². The summed E-state index contributed by atoms with van der Waals surface area (Å²) >= 11 is 4.67. The van der Waals surface area contributed by atoms with Crippen LogP contribution in [0.3, 0.4) is 0 Å². The first kappa shape index (κ1) is 22.0. The number of ether oxygens (including phenoxy) is 1. The summed E-state index contributed by atoms with van der Waals surface area (Å²) < 4.78 is 6.47. The summed E-state index contributed by atoms with van der Waals surface area (Å²) in [5, 5.41) is 5.64. The Morgan fingerprint density at radius 3 is 2.83 bits per heavy atom. The molecule has 1 fully saturated rings. The molecule has 0 bridgehead atoms. The van der Waals surface area contributed by atoms with Crippen molar-refractivity contribution < 1.29 is 14.3 Å². The van der Waals surface area contributed by atoms with E-state index in [1.165, 1.54) is 16.9 Å². The fourth-order valence-electron chi connectivity index (χ4n) is 3.24. The Kier molecular flexibility index (Phi) is 7.83. The Morgan fingerprint density at radius 1 is 1.31 bits per heavy atom. The van der Waals surface area contributed by atoms with Crippen LogP contribution >= 0.6 is 27.3 Å². The molecule has 3 rings (SSSR count). The largest absolute Gasteiger partial charge is 0.376 e. The molecule has 0 spiro atoms. The lowest BCUT2D eigenvalue weighted by Crippen LogP contribution is -2.44. The van der Waals surface area contributed by atoms with E-state index in [1.54, 1.807) is 13.0 Å². The molecule has 156 valence electrons. The molecule has 0 radical (unpaired) electrons. The standard InChI is InChI=1S/C21H26BrN3O3S/c1-14-12-25(8-9-28-14)13-17-5-3-4-16(10-17)11-23-20(26)15(2)24-21(27)18-6-7-19(22)29-18/h3-7,10,14-15H,8-9,11-13H2,1-2H3,(H,23,26)(H,24,27). The van der Waals surface area contributed by atoms with Gasteiger partial charge in [-0.05, 0) is 53.0 Å². The van der Waals surface area contributed by atoms with Crippen LogP contribution in [0.2, 0.25) is 0 Å². The SMILES string of the molecule is CC1CN(Cc2cccc(CNC(=O)C(C)NC(=O)c3ccc(Br)s3)c2)CCO1. The van der Waals surface area contributed by atoms with Crippen LogP contribution in [0.5, 0.6) is 0 Å². The van der Waals surface area contributed by atoms with Gasteiger partial charge in [0.05, 0.1) is 21.4 Å². The van der Waals surface area contributed by atoms with Gasteiger partial charge in [-0.15, -0.1) is 11.3 Å². The number of halogens is 1. The molecule has 2 amide bonds. The molecule has 1 aliphatic rings. The maximum absolute atomic E-state index is 12.4. The minimum Gasteiger partial charge on any atom is -0.376 e. The first-order chi connectivity index (χ1) is 13.9. The fraction of sp³-hybridized carbons (Fsp3) is 0.429. The molecule has 1 saturated heterocycles. The highest BCUT2D eigenvalue weighted by Gasteiger charge is 2.18. The van der Waals surface area contributed by atoms with Crippen LogP contribution in [0.1, 0.15) is 34.6 Å². The third-order valence-corrected chi connectivity index (χ3v) is 6.35. The average Bonchev–Trinajstić information content (AvgIpc) is 3.13. The number of thiophene rings is 1. The third-order valence-electron chi connectivity index (χ3n) is 4.73. The van der Waals surface area contributed by atoms with Crippen LogP contribution in [0.25, 0.3) is 0 Å². The van der Waals surface area contributed by atoms with Crippen LogP contribution < -0.4 is 10.6 Å². The average molecular weight is 480 g/mol. The van der Waals surface area contributed by atoms with Gasteiger partial charge in [-0.3, -0.25) is 14.5 Å². The number of benzene rings is 1. The van der Waals surface area contributed by atoms with Crippen molar-refractivity contribution in [1.82, 2.24) is 15.5 Å². The molecule has 1 aromatic heterocycles. The van der Waals surface area contributed by atoms with Gasteiger partial charge in [-0.1, -0.05) is 24.3 Å². The van der Waals surface area contributed by atoms with Crippen molar-refractivity contribution in [3.8, 4) is 0 Å². The van der Waals surface area contributed by atoms with Crippen molar-refractivity contribution in [3.63, 3.8) is 0 Å². The Labute approximate surface area is 183 Å². The Bertz CT molecular complexity index is 857. The molecule has 0 aliphatic carbocycles. The van der Waals surface area contributed by atoms with Gasteiger partial charge in [0.1, 0.15) is 6.04 Å². The van der Waals surface area contributed by atoms with Gasteiger partial charge in [-0.25, -0.2) is 0 Å². The summed E-state index contributed by atoms with van der Waals surface area (Å²) in [6.07, 6.45) is 0.262. The summed E-state index contributed by atoms with van der Waals surface area (Å²) in [7, 11) is 0. The normalized spacial score (nSPS) is 18.2. The van der Waals surface area contributed by atoms with Gasteiger partial charge < -0.3 is 15.4 Å². The van der Waals surface area contributed by atoms with Crippen molar-refractivity contribution in [2.24, 2.45) is 0 Å². The molecular formula is C21H26BrN3O3S. The van der Waals surface area contributed by atoms with E-state index in [0.717, 1.165) is 35.6 Å². The van der Waals surface area contributed by atoms with Crippen molar-refractivity contribution in [1.29, 1.82) is 0 Å². The van der Waals surface area contributed by atoms with E-state index in [2.05, 4.69) is 50.5 Å². The van der Waals surface area contributed by atoms with E-state index >= 15 is 0 Å². The molecule has 2 atom stereocenters. The lowest BCUT2D eigenvalue weighted by molar-refractivity contribution is -0.122. The van der Waals surface area contributed by atoms with Gasteiger partial charge in [0.15, 0.2) is 0 Å². The summed E-state index contributed by atoms with van der Waals surface area (Å²) in [5.41, 5.74) is 2.26. The summed E-state index contributed by atoms with van der Waals surface area (Å²) in [5.74, 6) is -0.452. The number of morpholine rings is 1. The molecule has 2 heterocycles. The highest BCUT2D eigenvalue weighted by atomic mass is 79.9. The molecule has 1 aliphatic heterocycles. The second kappa shape index (κ2) is 10.3. The van der Waals surface area contributed by atoms with Crippen LogP contribution in [0.15, 0.2) is 40.2 Å². The van der Waals surface area contributed by atoms with Crippen LogP contribution in [-0.2, 0) is 22.6 Å². The number of carbonyl (C=O) groups excluding carboxylic acids is 2. The molecule has 29 heavy (non-hydrogen) atoms. The molecule has 0 saturated carbocycles. The van der Waals surface area contributed by atoms with Gasteiger partial charge in [0, 0.05) is 26.2 Å². The molecular weight excluding hydrogens is 454 g/mol.